The molecule has 1 saturated heterocycles. The standard InChI is InChI=1S/C21H27N5O/c1-3-18-21(27)23-20-13-16(6-7-19(20)22-18)14-25-9-11-26(12-10-25)17-5-4-8-24(2)15-17/h4-7,13,15H,3,8-12,14H2,1-2H3,(H,23,27). The summed E-state index contributed by atoms with van der Waals surface area (Å²) in [5.41, 5.74) is 4.74. The van der Waals surface area contributed by atoms with Gasteiger partial charge in [0.05, 0.1) is 16.7 Å². The van der Waals surface area contributed by atoms with Crippen molar-refractivity contribution in [2.45, 2.75) is 19.9 Å². The molecule has 0 unspecified atom stereocenters. The average Bonchev–Trinajstić information content (AvgIpc) is 2.68. The van der Waals surface area contributed by atoms with Crippen molar-refractivity contribution in [3.63, 3.8) is 0 Å². The molecule has 4 rings (SSSR count). The van der Waals surface area contributed by atoms with Crippen LogP contribution in [0.3, 0.4) is 0 Å². The van der Waals surface area contributed by atoms with E-state index in [1.54, 1.807) is 0 Å². The van der Waals surface area contributed by atoms with E-state index in [-0.39, 0.29) is 5.56 Å². The van der Waals surface area contributed by atoms with Crippen molar-refractivity contribution >= 4 is 11.0 Å². The number of hydrogen-bond acceptors (Lipinski definition) is 5. The molecule has 1 aromatic carbocycles. The molecule has 0 saturated carbocycles. The SMILES string of the molecule is CCc1nc2ccc(CN3CCN(C4=CN(C)CC=C4)CC3)cc2[nH]c1=O. The highest BCUT2D eigenvalue weighted by molar-refractivity contribution is 5.74. The first kappa shape index (κ1) is 17.8. The van der Waals surface area contributed by atoms with Gasteiger partial charge < -0.3 is 14.8 Å². The van der Waals surface area contributed by atoms with Crippen LogP contribution in [0.25, 0.3) is 11.0 Å². The van der Waals surface area contributed by atoms with Crippen LogP contribution in [0, 0.1) is 0 Å². The molecule has 2 aliphatic rings. The number of likely N-dealkylation sites (N-methyl/N-ethyl adjacent to an activating group) is 1. The van der Waals surface area contributed by atoms with E-state index in [1.807, 2.05) is 13.0 Å². The minimum Gasteiger partial charge on any atom is -0.375 e. The van der Waals surface area contributed by atoms with Gasteiger partial charge in [-0.05, 0) is 30.2 Å². The van der Waals surface area contributed by atoms with Crippen molar-refractivity contribution < 1.29 is 0 Å². The van der Waals surface area contributed by atoms with E-state index in [9.17, 15) is 4.79 Å². The van der Waals surface area contributed by atoms with Crippen LogP contribution in [0.4, 0.5) is 0 Å². The van der Waals surface area contributed by atoms with E-state index in [0.717, 1.165) is 50.3 Å². The van der Waals surface area contributed by atoms with Gasteiger partial charge in [-0.2, -0.15) is 0 Å². The number of aryl methyl sites for hydroxylation is 1. The molecule has 27 heavy (non-hydrogen) atoms. The third-order valence-electron chi connectivity index (χ3n) is 5.34. The highest BCUT2D eigenvalue weighted by atomic mass is 16.1. The lowest BCUT2D eigenvalue weighted by Gasteiger charge is -2.37. The summed E-state index contributed by atoms with van der Waals surface area (Å²) in [5.74, 6) is 0. The second-order valence-corrected chi connectivity index (χ2v) is 7.38. The summed E-state index contributed by atoms with van der Waals surface area (Å²) in [7, 11) is 2.11. The predicted octanol–water partition coefficient (Wildman–Crippen LogP) is 1.95. The van der Waals surface area contributed by atoms with Crippen LogP contribution < -0.4 is 5.56 Å². The van der Waals surface area contributed by atoms with Crippen LogP contribution in [0.15, 0.2) is 47.0 Å². The Morgan fingerprint density at radius 3 is 2.74 bits per heavy atom. The van der Waals surface area contributed by atoms with Crippen LogP contribution in [0.1, 0.15) is 18.2 Å². The largest absolute Gasteiger partial charge is 0.375 e. The lowest BCUT2D eigenvalue weighted by molar-refractivity contribution is 0.154. The lowest BCUT2D eigenvalue weighted by Crippen LogP contribution is -2.45. The Hall–Kier alpha value is -2.60. The summed E-state index contributed by atoms with van der Waals surface area (Å²) < 4.78 is 0. The number of fused-ring (bicyclic) bond motifs is 1. The van der Waals surface area contributed by atoms with Gasteiger partial charge in [0.1, 0.15) is 5.69 Å². The van der Waals surface area contributed by atoms with Crippen LogP contribution in [0.5, 0.6) is 0 Å². The molecule has 6 heteroatoms. The molecule has 3 heterocycles. The Balaban J connectivity index is 1.41. The lowest BCUT2D eigenvalue weighted by atomic mass is 10.1. The van der Waals surface area contributed by atoms with E-state index >= 15 is 0 Å². The molecule has 1 fully saturated rings. The summed E-state index contributed by atoms with van der Waals surface area (Å²) in [5, 5.41) is 0. The smallest absolute Gasteiger partial charge is 0.270 e. The average molecular weight is 365 g/mol. The van der Waals surface area contributed by atoms with Gasteiger partial charge in [-0.15, -0.1) is 0 Å². The number of nitrogens with one attached hydrogen (secondary N) is 1. The van der Waals surface area contributed by atoms with Crippen LogP contribution in [-0.2, 0) is 13.0 Å². The van der Waals surface area contributed by atoms with E-state index in [4.69, 9.17) is 0 Å². The molecule has 1 aromatic heterocycles. The molecule has 0 spiro atoms. The minimum absolute atomic E-state index is 0.0745. The molecular formula is C21H27N5O. The van der Waals surface area contributed by atoms with Crippen LogP contribution in [0.2, 0.25) is 0 Å². The van der Waals surface area contributed by atoms with E-state index in [2.05, 4.69) is 62.2 Å². The van der Waals surface area contributed by atoms with Crippen molar-refractivity contribution in [3.05, 3.63) is 63.9 Å². The predicted molar refractivity (Wildman–Crippen MR) is 108 cm³/mol. The van der Waals surface area contributed by atoms with Gasteiger partial charge in [-0.3, -0.25) is 9.69 Å². The fourth-order valence-corrected chi connectivity index (χ4v) is 3.78. The maximum atomic E-state index is 12.0. The molecule has 6 nitrogen and oxygen atoms in total. The molecule has 2 aromatic rings. The molecule has 0 radical (unpaired) electrons. The highest BCUT2D eigenvalue weighted by Crippen LogP contribution is 2.17. The van der Waals surface area contributed by atoms with Gasteiger partial charge >= 0.3 is 0 Å². The number of piperazine rings is 1. The van der Waals surface area contributed by atoms with Gasteiger partial charge in [-0.1, -0.05) is 19.1 Å². The molecule has 2 aliphatic heterocycles. The fourth-order valence-electron chi connectivity index (χ4n) is 3.78. The van der Waals surface area contributed by atoms with E-state index in [0.29, 0.717) is 12.1 Å². The Labute approximate surface area is 159 Å². The number of rotatable bonds is 4. The third kappa shape index (κ3) is 3.90. The van der Waals surface area contributed by atoms with E-state index in [1.165, 1.54) is 11.3 Å². The quantitative estimate of drug-likeness (QED) is 0.898. The summed E-state index contributed by atoms with van der Waals surface area (Å²) in [6.07, 6.45) is 7.33. The zero-order valence-corrected chi connectivity index (χ0v) is 16.1. The zero-order chi connectivity index (χ0) is 18.8. The first-order chi connectivity index (χ1) is 13.1. The van der Waals surface area contributed by atoms with Gasteiger partial charge in [0.2, 0.25) is 0 Å². The number of aromatic nitrogens is 2. The number of benzene rings is 1. The third-order valence-corrected chi connectivity index (χ3v) is 5.34. The molecular weight excluding hydrogens is 338 g/mol. The first-order valence-corrected chi connectivity index (χ1v) is 9.70. The number of aromatic amines is 1. The van der Waals surface area contributed by atoms with Gasteiger partial charge in [0.15, 0.2) is 0 Å². The Bertz CT molecular complexity index is 937. The summed E-state index contributed by atoms with van der Waals surface area (Å²) >= 11 is 0. The Morgan fingerprint density at radius 2 is 2.00 bits per heavy atom. The topological polar surface area (TPSA) is 55.5 Å². The van der Waals surface area contributed by atoms with Crippen molar-refractivity contribution in [1.29, 1.82) is 0 Å². The normalized spacial score (nSPS) is 18.2. The fraction of sp³-hybridized carbons (Fsp3) is 0.429. The van der Waals surface area contributed by atoms with Crippen LogP contribution >= 0.6 is 0 Å². The number of allylic oxidation sites excluding steroid dienone is 1. The van der Waals surface area contributed by atoms with Crippen LogP contribution in [-0.4, -0.2) is 64.4 Å². The summed E-state index contributed by atoms with van der Waals surface area (Å²) in [4.78, 5) is 26.6. The maximum absolute atomic E-state index is 12.0. The van der Waals surface area contributed by atoms with Crippen molar-refractivity contribution in [1.82, 2.24) is 24.7 Å². The molecule has 0 atom stereocenters. The Kier molecular flexibility index (Phi) is 4.99. The van der Waals surface area contributed by atoms with Gasteiger partial charge in [-0.25, -0.2) is 4.98 Å². The molecule has 0 bridgehead atoms. The van der Waals surface area contributed by atoms with Crippen molar-refractivity contribution in [3.8, 4) is 0 Å². The number of H-pyrrole nitrogens is 1. The van der Waals surface area contributed by atoms with Gasteiger partial charge in [0, 0.05) is 52.5 Å². The van der Waals surface area contributed by atoms with Crippen molar-refractivity contribution in [2.24, 2.45) is 0 Å². The summed E-state index contributed by atoms with van der Waals surface area (Å²) in [6.45, 7) is 7.99. The van der Waals surface area contributed by atoms with E-state index < -0.39 is 0 Å². The summed E-state index contributed by atoms with van der Waals surface area (Å²) in [6, 6.07) is 6.21. The zero-order valence-electron chi connectivity index (χ0n) is 16.1. The highest BCUT2D eigenvalue weighted by Gasteiger charge is 2.19. The molecule has 0 amide bonds. The number of hydrogen-bond donors (Lipinski definition) is 1. The van der Waals surface area contributed by atoms with Crippen molar-refractivity contribution in [2.75, 3.05) is 39.8 Å². The minimum atomic E-state index is -0.0745. The first-order valence-electron chi connectivity index (χ1n) is 9.70. The second kappa shape index (κ2) is 7.56. The molecule has 142 valence electrons. The maximum Gasteiger partial charge on any atom is 0.270 e. The monoisotopic (exact) mass is 365 g/mol. The van der Waals surface area contributed by atoms with Gasteiger partial charge in [0.25, 0.3) is 5.56 Å². The Morgan fingerprint density at radius 1 is 1.19 bits per heavy atom. The molecule has 0 aliphatic carbocycles. The second-order valence-electron chi connectivity index (χ2n) is 7.38. The number of nitrogens with zero attached hydrogens (tertiary/aromatic N) is 4. The molecule has 1 N–H and O–H groups in total.